The van der Waals surface area contributed by atoms with E-state index in [9.17, 15) is 27.6 Å². The standard InChI is InChI=1S/C36H45N3O8S/c1-6-25-19-36(25,34(43)38-48(44,45)26-15-16-26)20-30(40)29-17-23(21-39(29)33(42)27(35(2,3)4)18-32(41)46-5)22-47-31-14-10-13-28(37-31)24-11-8-7-9-12-24/h6-14,23,25-27,29H,1,15-22H2,2-5H3,(H,38,43)/t23-,25?,27-,29+,36-/m1/s1. The Morgan fingerprint density at radius 3 is 2.42 bits per heavy atom. The van der Waals surface area contributed by atoms with E-state index >= 15 is 0 Å². The first-order chi connectivity index (χ1) is 22.7. The third-order valence-corrected chi connectivity index (χ3v) is 11.6. The molecule has 5 atom stereocenters. The van der Waals surface area contributed by atoms with Gasteiger partial charge in [-0.1, -0.05) is 63.2 Å². The number of amides is 2. The summed E-state index contributed by atoms with van der Waals surface area (Å²) in [4.78, 5) is 60.3. The molecule has 1 saturated heterocycles. The van der Waals surface area contributed by atoms with Crippen molar-refractivity contribution in [2.24, 2.45) is 28.6 Å². The van der Waals surface area contributed by atoms with Crippen LogP contribution in [0.3, 0.4) is 0 Å². The van der Waals surface area contributed by atoms with Crippen LogP contribution in [0.2, 0.25) is 0 Å². The van der Waals surface area contributed by atoms with Gasteiger partial charge in [0.15, 0.2) is 5.78 Å². The Morgan fingerprint density at radius 2 is 1.81 bits per heavy atom. The highest BCUT2D eigenvalue weighted by atomic mass is 32.2. The molecule has 258 valence electrons. The highest BCUT2D eigenvalue weighted by Crippen LogP contribution is 2.57. The summed E-state index contributed by atoms with van der Waals surface area (Å²) in [6.45, 7) is 9.74. The second-order valence-corrected chi connectivity index (χ2v) is 16.3. The molecule has 2 aromatic rings. The Hall–Kier alpha value is -4.06. The van der Waals surface area contributed by atoms with Crippen LogP contribution in [0.25, 0.3) is 11.3 Å². The van der Waals surface area contributed by atoms with Crippen molar-refractivity contribution in [2.45, 2.75) is 70.6 Å². The number of ketones is 1. The van der Waals surface area contributed by atoms with E-state index in [2.05, 4.69) is 16.3 Å². The fourth-order valence-corrected chi connectivity index (χ4v) is 7.97. The lowest BCUT2D eigenvalue weighted by atomic mass is 9.77. The summed E-state index contributed by atoms with van der Waals surface area (Å²) in [5.41, 5.74) is -0.196. The number of ether oxygens (including phenoxy) is 2. The fraction of sp³-hybridized carbons (Fsp3) is 0.528. The van der Waals surface area contributed by atoms with Gasteiger partial charge in [0.1, 0.15) is 0 Å². The van der Waals surface area contributed by atoms with Crippen LogP contribution in [-0.2, 0) is 33.9 Å². The molecule has 2 heterocycles. The highest BCUT2D eigenvalue weighted by Gasteiger charge is 2.61. The van der Waals surface area contributed by atoms with Crippen molar-refractivity contribution in [1.82, 2.24) is 14.6 Å². The summed E-state index contributed by atoms with van der Waals surface area (Å²) < 4.78 is 38.5. The van der Waals surface area contributed by atoms with Gasteiger partial charge in [-0.05, 0) is 43.1 Å². The van der Waals surface area contributed by atoms with Crippen molar-refractivity contribution >= 4 is 33.6 Å². The monoisotopic (exact) mass is 679 g/mol. The number of nitrogens with one attached hydrogen (secondary N) is 1. The number of aromatic nitrogens is 1. The molecular weight excluding hydrogens is 634 g/mol. The van der Waals surface area contributed by atoms with Crippen LogP contribution in [0, 0.1) is 28.6 Å². The van der Waals surface area contributed by atoms with Gasteiger partial charge in [-0.25, -0.2) is 13.4 Å². The van der Waals surface area contributed by atoms with Crippen molar-refractivity contribution < 1.29 is 37.1 Å². The van der Waals surface area contributed by atoms with E-state index in [0.717, 1.165) is 11.3 Å². The van der Waals surface area contributed by atoms with Gasteiger partial charge in [-0.2, -0.15) is 0 Å². The normalized spacial score (nSPS) is 24.3. The zero-order valence-electron chi connectivity index (χ0n) is 28.0. The second-order valence-electron chi connectivity index (χ2n) is 14.4. The second kappa shape index (κ2) is 13.8. The average Bonchev–Trinajstić information content (AvgIpc) is 3.98. The summed E-state index contributed by atoms with van der Waals surface area (Å²) in [7, 11) is -2.55. The van der Waals surface area contributed by atoms with Crippen LogP contribution in [0.1, 0.15) is 59.3 Å². The van der Waals surface area contributed by atoms with Crippen LogP contribution in [-0.4, -0.2) is 73.4 Å². The largest absolute Gasteiger partial charge is 0.477 e. The number of esters is 1. The molecule has 1 N–H and O–H groups in total. The molecule has 1 aliphatic heterocycles. The minimum atomic E-state index is -3.82. The Bertz CT molecular complexity index is 1670. The zero-order valence-corrected chi connectivity index (χ0v) is 28.8. The first-order valence-electron chi connectivity index (χ1n) is 16.4. The summed E-state index contributed by atoms with van der Waals surface area (Å²) in [5.74, 6) is -2.93. The molecule has 0 radical (unpaired) electrons. The molecule has 1 aromatic carbocycles. The molecular formula is C36H45N3O8S. The molecule has 2 aliphatic carbocycles. The van der Waals surface area contributed by atoms with Gasteiger partial charge >= 0.3 is 5.97 Å². The van der Waals surface area contributed by atoms with Crippen LogP contribution >= 0.6 is 0 Å². The fourth-order valence-electron chi connectivity index (χ4n) is 6.58. The first kappa shape index (κ1) is 35.3. The maximum atomic E-state index is 14.2. The van der Waals surface area contributed by atoms with Gasteiger partial charge in [-0.15, -0.1) is 6.58 Å². The lowest BCUT2D eigenvalue weighted by Crippen LogP contribution is -2.48. The van der Waals surface area contributed by atoms with Gasteiger partial charge in [0.05, 0.1) is 48.5 Å². The van der Waals surface area contributed by atoms with E-state index in [4.69, 9.17) is 9.47 Å². The quantitative estimate of drug-likeness (QED) is 0.228. The molecule has 48 heavy (non-hydrogen) atoms. The minimum absolute atomic E-state index is 0.155. The summed E-state index contributed by atoms with van der Waals surface area (Å²) in [6, 6.07) is 14.3. The topological polar surface area (TPSA) is 149 Å². The molecule has 1 unspecified atom stereocenters. The number of rotatable bonds is 14. The molecule has 2 saturated carbocycles. The van der Waals surface area contributed by atoms with Crippen LogP contribution in [0.4, 0.5) is 0 Å². The van der Waals surface area contributed by atoms with Gasteiger partial charge in [0, 0.05) is 30.5 Å². The maximum Gasteiger partial charge on any atom is 0.306 e. The molecule has 12 heteroatoms. The van der Waals surface area contributed by atoms with Crippen LogP contribution in [0.5, 0.6) is 5.88 Å². The van der Waals surface area contributed by atoms with Crippen molar-refractivity contribution in [3.05, 3.63) is 61.2 Å². The van der Waals surface area contributed by atoms with Gasteiger partial charge in [0.2, 0.25) is 27.7 Å². The minimum Gasteiger partial charge on any atom is -0.477 e. The number of hydrogen-bond acceptors (Lipinski definition) is 9. The molecule has 0 spiro atoms. The van der Waals surface area contributed by atoms with Crippen molar-refractivity contribution in [3.63, 3.8) is 0 Å². The molecule has 0 bridgehead atoms. The van der Waals surface area contributed by atoms with Crippen molar-refractivity contribution in [3.8, 4) is 17.1 Å². The number of pyridine rings is 1. The predicted octanol–water partition coefficient (Wildman–Crippen LogP) is 4.33. The number of sulfonamides is 1. The number of hydrogen-bond donors (Lipinski definition) is 1. The van der Waals surface area contributed by atoms with E-state index in [-0.39, 0.29) is 62.4 Å². The molecule has 5 rings (SSSR count). The molecule has 1 aromatic heterocycles. The Morgan fingerprint density at radius 1 is 1.10 bits per heavy atom. The smallest absolute Gasteiger partial charge is 0.306 e. The first-order valence-corrected chi connectivity index (χ1v) is 18.0. The van der Waals surface area contributed by atoms with E-state index in [1.54, 1.807) is 12.1 Å². The van der Waals surface area contributed by atoms with E-state index in [1.807, 2.05) is 63.2 Å². The summed E-state index contributed by atoms with van der Waals surface area (Å²) in [5, 5.41) is -0.592. The number of methoxy groups -OCH3 is 1. The molecule has 3 aliphatic rings. The van der Waals surface area contributed by atoms with Gasteiger partial charge < -0.3 is 14.4 Å². The predicted molar refractivity (Wildman–Crippen MR) is 179 cm³/mol. The average molecular weight is 680 g/mol. The number of carbonyl (C=O) groups excluding carboxylic acids is 4. The number of Topliss-reactive ketones (excluding diaryl/α,β-unsaturated/α-hetero) is 1. The number of nitrogens with zero attached hydrogens (tertiary/aromatic N) is 2. The van der Waals surface area contributed by atoms with Crippen molar-refractivity contribution in [1.29, 1.82) is 0 Å². The molecule has 11 nitrogen and oxygen atoms in total. The van der Waals surface area contributed by atoms with Gasteiger partial charge in [0.25, 0.3) is 0 Å². The Labute approximate surface area is 282 Å². The van der Waals surface area contributed by atoms with Gasteiger partial charge in [-0.3, -0.25) is 23.9 Å². The number of allylic oxidation sites excluding steroid dienone is 1. The summed E-state index contributed by atoms with van der Waals surface area (Å²) >= 11 is 0. The summed E-state index contributed by atoms with van der Waals surface area (Å²) in [6.07, 6.45) is 2.73. The lowest BCUT2D eigenvalue weighted by Gasteiger charge is -2.35. The molecule has 3 fully saturated rings. The van der Waals surface area contributed by atoms with E-state index < -0.39 is 49.9 Å². The molecule has 2 amide bonds. The SMILES string of the molecule is C=CC1C[C@]1(CC(=O)[C@@H]1C[C@@H](COc2cccc(-c3ccccc3)n2)CN1C(=O)[C@@H](CC(=O)OC)C(C)(C)C)C(=O)NS(=O)(=O)C1CC1. The maximum absolute atomic E-state index is 14.2. The van der Waals surface area contributed by atoms with Crippen LogP contribution < -0.4 is 9.46 Å². The third-order valence-electron chi connectivity index (χ3n) is 9.80. The van der Waals surface area contributed by atoms with E-state index in [0.29, 0.717) is 18.7 Å². The number of carbonyl (C=O) groups is 4. The Kier molecular flexibility index (Phi) is 10.1. The lowest BCUT2D eigenvalue weighted by molar-refractivity contribution is -0.151. The third kappa shape index (κ3) is 7.80. The number of likely N-dealkylation sites (tertiary alicyclic amines) is 1. The Balaban J connectivity index is 1.37. The van der Waals surface area contributed by atoms with Crippen LogP contribution in [0.15, 0.2) is 61.2 Å². The van der Waals surface area contributed by atoms with Crippen molar-refractivity contribution in [2.75, 3.05) is 20.3 Å². The number of benzene rings is 1. The highest BCUT2D eigenvalue weighted by molar-refractivity contribution is 7.90. The zero-order chi connectivity index (χ0) is 34.9. The van der Waals surface area contributed by atoms with E-state index in [1.165, 1.54) is 12.0 Å².